The van der Waals surface area contributed by atoms with E-state index in [2.05, 4.69) is 118 Å². The van der Waals surface area contributed by atoms with Crippen molar-refractivity contribution in [1.82, 2.24) is 0 Å². The van der Waals surface area contributed by atoms with Gasteiger partial charge in [-0.25, -0.2) is 0 Å². The summed E-state index contributed by atoms with van der Waals surface area (Å²) in [5.41, 5.74) is 0. The fourth-order valence-electron chi connectivity index (χ4n) is 9.05. The lowest BCUT2D eigenvalue weighted by Gasteiger charge is -2.18. The van der Waals surface area contributed by atoms with E-state index in [0.717, 1.165) is 116 Å². The second-order valence-corrected chi connectivity index (χ2v) is 21.3. The maximum atomic E-state index is 12.8. The Morgan fingerprint density at radius 2 is 0.513 bits per heavy atom. The van der Waals surface area contributed by atoms with Crippen LogP contribution in [-0.4, -0.2) is 37.2 Å². The second kappa shape index (κ2) is 63.9. The number of allylic oxidation sites excluding steroid dienone is 16. The van der Waals surface area contributed by atoms with E-state index < -0.39 is 6.10 Å². The predicted molar refractivity (Wildman–Crippen MR) is 330 cm³/mol. The summed E-state index contributed by atoms with van der Waals surface area (Å²) in [7, 11) is 0. The van der Waals surface area contributed by atoms with Crippen LogP contribution in [0, 0.1) is 0 Å². The number of unbranched alkanes of at least 4 members (excludes halogenated alkanes) is 31. The summed E-state index contributed by atoms with van der Waals surface area (Å²) in [6.45, 7) is 6.51. The molecule has 0 heterocycles. The molecule has 1 unspecified atom stereocenters. The zero-order valence-corrected chi connectivity index (χ0v) is 50.0. The van der Waals surface area contributed by atoms with E-state index >= 15 is 0 Å². The molecule has 0 fully saturated rings. The molecule has 1 atom stereocenters. The fourth-order valence-corrected chi connectivity index (χ4v) is 9.05. The van der Waals surface area contributed by atoms with Crippen LogP contribution >= 0.6 is 0 Å². The Morgan fingerprint density at radius 1 is 0.276 bits per heavy atom. The van der Waals surface area contributed by atoms with Gasteiger partial charge in [0.25, 0.3) is 0 Å². The minimum absolute atomic E-state index is 0.0760. The average molecular weight is 1060 g/mol. The summed E-state index contributed by atoms with van der Waals surface area (Å²) in [4.78, 5) is 38.1. The molecule has 6 heteroatoms. The van der Waals surface area contributed by atoms with Crippen LogP contribution in [-0.2, 0) is 28.6 Å². The van der Waals surface area contributed by atoms with Crippen molar-refractivity contribution in [2.75, 3.05) is 13.2 Å². The molecular weight excluding hydrogens is 937 g/mol. The highest BCUT2D eigenvalue weighted by Gasteiger charge is 2.19. The van der Waals surface area contributed by atoms with Crippen molar-refractivity contribution in [2.45, 2.75) is 316 Å². The highest BCUT2D eigenvalue weighted by Crippen LogP contribution is 2.17. The predicted octanol–water partition coefficient (Wildman–Crippen LogP) is 22.0. The van der Waals surface area contributed by atoms with E-state index in [4.69, 9.17) is 14.2 Å². The average Bonchev–Trinajstić information content (AvgIpc) is 3.42. The van der Waals surface area contributed by atoms with Gasteiger partial charge < -0.3 is 14.2 Å². The van der Waals surface area contributed by atoms with Crippen LogP contribution in [0.4, 0.5) is 0 Å². The van der Waals surface area contributed by atoms with Crippen molar-refractivity contribution >= 4 is 17.9 Å². The van der Waals surface area contributed by atoms with E-state index in [9.17, 15) is 14.4 Å². The Labute approximate surface area is 470 Å². The number of carbonyl (C=O) groups excluding carboxylic acids is 3. The van der Waals surface area contributed by atoms with Crippen LogP contribution in [0.5, 0.6) is 0 Å². The fraction of sp³-hybridized carbons (Fsp3) is 0.729. The van der Waals surface area contributed by atoms with Crippen LogP contribution in [0.1, 0.15) is 310 Å². The van der Waals surface area contributed by atoms with E-state index in [1.165, 1.54) is 154 Å². The van der Waals surface area contributed by atoms with Gasteiger partial charge in [-0.1, -0.05) is 304 Å². The summed E-state index contributed by atoms with van der Waals surface area (Å²) >= 11 is 0. The van der Waals surface area contributed by atoms with Crippen molar-refractivity contribution in [1.29, 1.82) is 0 Å². The number of rotatable bonds is 58. The van der Waals surface area contributed by atoms with Crippen molar-refractivity contribution in [3.05, 3.63) is 97.2 Å². The van der Waals surface area contributed by atoms with Crippen LogP contribution < -0.4 is 0 Å². The maximum absolute atomic E-state index is 12.8. The summed E-state index contributed by atoms with van der Waals surface area (Å²) < 4.78 is 16.8. The van der Waals surface area contributed by atoms with Gasteiger partial charge in [0, 0.05) is 19.3 Å². The zero-order chi connectivity index (χ0) is 55.0. The molecule has 436 valence electrons. The minimum atomic E-state index is -0.776. The Balaban J connectivity index is 4.12. The molecule has 0 saturated carbocycles. The Kier molecular flexibility index (Phi) is 60.8. The topological polar surface area (TPSA) is 78.9 Å². The van der Waals surface area contributed by atoms with Gasteiger partial charge in [-0.15, -0.1) is 0 Å². The Bertz CT molecular complexity index is 1490. The smallest absolute Gasteiger partial charge is 0.306 e. The van der Waals surface area contributed by atoms with Crippen molar-refractivity contribution in [3.63, 3.8) is 0 Å². The van der Waals surface area contributed by atoms with Crippen molar-refractivity contribution in [2.24, 2.45) is 0 Å². The lowest BCUT2D eigenvalue weighted by atomic mass is 10.0. The number of hydrogen-bond acceptors (Lipinski definition) is 6. The molecule has 0 aliphatic rings. The standard InChI is InChI=1S/C70H120O6/c1-4-7-10-13-16-18-20-22-24-26-28-29-30-31-32-33-34-35-36-37-38-39-40-41-42-44-45-47-49-51-54-57-60-63-69(72)75-66-67(65-74-68(71)62-59-56-53-15-12-9-6-3)76-70(73)64-61-58-55-52-50-48-46-43-27-25-23-21-19-17-14-11-8-5-2/h7,10,16,18,22,24,28-29,31-32,34-35,37-38,40-41,67H,4-6,8-9,11-15,17,19-21,23,25-27,30,33,36,39,42-66H2,1-3H3/b10-7-,18-16-,24-22-,29-28-,32-31-,35-34-,38-37-,41-40-. The molecule has 0 radical (unpaired) electrons. The first kappa shape index (κ1) is 72.3. The molecule has 0 bridgehead atoms. The van der Waals surface area contributed by atoms with E-state index in [1.54, 1.807) is 0 Å². The van der Waals surface area contributed by atoms with E-state index in [0.29, 0.717) is 19.3 Å². The van der Waals surface area contributed by atoms with Crippen LogP contribution in [0.2, 0.25) is 0 Å². The lowest BCUT2D eigenvalue weighted by molar-refractivity contribution is -0.167. The molecule has 6 nitrogen and oxygen atoms in total. The summed E-state index contributed by atoms with van der Waals surface area (Å²) in [6.07, 6.45) is 85.8. The molecule has 0 aromatic carbocycles. The molecule has 0 saturated heterocycles. The molecule has 0 aliphatic carbocycles. The van der Waals surface area contributed by atoms with E-state index in [1.807, 2.05) is 0 Å². The van der Waals surface area contributed by atoms with Gasteiger partial charge in [0.2, 0.25) is 0 Å². The third-order valence-corrected chi connectivity index (χ3v) is 13.9. The third kappa shape index (κ3) is 61.2. The SMILES string of the molecule is CC/C=C\C/C=C\C/C=C\C/C=C\C/C=C\C/C=C\C/C=C\C/C=C\CCCCCCCCCCC(=O)OCC(COC(=O)CCCCCCCCC)OC(=O)CCCCCCCCCCCCCCCCCCCC. The number of ether oxygens (including phenoxy) is 3. The highest BCUT2D eigenvalue weighted by molar-refractivity contribution is 5.71. The quantitative estimate of drug-likeness (QED) is 0.0261. The molecular formula is C70H120O6. The normalized spacial score (nSPS) is 12.7. The molecule has 0 spiro atoms. The third-order valence-electron chi connectivity index (χ3n) is 13.9. The molecule has 0 N–H and O–H groups in total. The minimum Gasteiger partial charge on any atom is -0.462 e. The first-order chi connectivity index (χ1) is 37.5. The second-order valence-electron chi connectivity index (χ2n) is 21.3. The van der Waals surface area contributed by atoms with Crippen LogP contribution in [0.3, 0.4) is 0 Å². The number of hydrogen-bond donors (Lipinski definition) is 0. The first-order valence-electron chi connectivity index (χ1n) is 32.2. The van der Waals surface area contributed by atoms with Crippen LogP contribution in [0.15, 0.2) is 97.2 Å². The van der Waals surface area contributed by atoms with Crippen LogP contribution in [0.25, 0.3) is 0 Å². The highest BCUT2D eigenvalue weighted by atomic mass is 16.6. The van der Waals surface area contributed by atoms with Crippen molar-refractivity contribution < 1.29 is 28.6 Å². The monoisotopic (exact) mass is 1060 g/mol. The van der Waals surface area contributed by atoms with Gasteiger partial charge in [-0.3, -0.25) is 14.4 Å². The van der Waals surface area contributed by atoms with Gasteiger partial charge >= 0.3 is 17.9 Å². The Morgan fingerprint density at radius 3 is 0.803 bits per heavy atom. The molecule has 0 rings (SSSR count). The maximum Gasteiger partial charge on any atom is 0.306 e. The molecule has 0 aromatic heterocycles. The zero-order valence-electron chi connectivity index (χ0n) is 50.0. The van der Waals surface area contributed by atoms with Gasteiger partial charge in [0.05, 0.1) is 0 Å². The first-order valence-corrected chi connectivity index (χ1v) is 32.2. The number of carbonyl (C=O) groups is 3. The molecule has 0 amide bonds. The summed E-state index contributed by atoms with van der Waals surface area (Å²) in [6, 6.07) is 0. The summed E-state index contributed by atoms with van der Waals surface area (Å²) in [5.74, 6) is -0.880. The molecule has 0 aromatic rings. The van der Waals surface area contributed by atoms with Gasteiger partial charge in [-0.2, -0.15) is 0 Å². The lowest BCUT2D eigenvalue weighted by Crippen LogP contribution is -2.30. The Hall–Kier alpha value is -3.67. The van der Waals surface area contributed by atoms with Gasteiger partial charge in [0.15, 0.2) is 6.10 Å². The largest absolute Gasteiger partial charge is 0.462 e. The van der Waals surface area contributed by atoms with Gasteiger partial charge in [0.1, 0.15) is 13.2 Å². The van der Waals surface area contributed by atoms with E-state index in [-0.39, 0.29) is 31.1 Å². The summed E-state index contributed by atoms with van der Waals surface area (Å²) in [5, 5.41) is 0. The molecule has 76 heavy (non-hydrogen) atoms. The molecule has 0 aliphatic heterocycles. The van der Waals surface area contributed by atoms with Gasteiger partial charge in [-0.05, 0) is 83.5 Å². The van der Waals surface area contributed by atoms with Crippen molar-refractivity contribution in [3.8, 4) is 0 Å². The number of esters is 3.